The average Bonchev–Trinajstić information content (AvgIpc) is 2.62. The molecule has 0 spiro atoms. The predicted molar refractivity (Wildman–Crippen MR) is 87.1 cm³/mol. The Morgan fingerprint density at radius 3 is 2.17 bits per heavy atom. The number of phenols is 1. The van der Waals surface area contributed by atoms with E-state index < -0.39 is 0 Å². The third-order valence-corrected chi connectivity index (χ3v) is 4.03. The minimum atomic E-state index is -0.0673. The van der Waals surface area contributed by atoms with Gasteiger partial charge in [-0.3, -0.25) is 0 Å². The summed E-state index contributed by atoms with van der Waals surface area (Å²) in [5.74, 6) is 1.66. The van der Waals surface area contributed by atoms with Gasteiger partial charge in [0.25, 0.3) is 0 Å². The molecule has 1 saturated heterocycles. The molecule has 1 heterocycles. The zero-order chi connectivity index (χ0) is 16.2. The molecule has 0 amide bonds. The number of rotatable bonds is 4. The van der Waals surface area contributed by atoms with Crippen molar-refractivity contribution in [1.82, 2.24) is 5.32 Å². The maximum absolute atomic E-state index is 9.41. The molecule has 2 N–H and O–H groups in total. The highest BCUT2D eigenvalue weighted by atomic mass is 16.5. The molecule has 5 heteroatoms. The fraction of sp³-hybridized carbons (Fsp3) is 0.333. The smallest absolute Gasteiger partial charge is 0.161 e. The highest BCUT2D eigenvalue weighted by Gasteiger charge is 2.25. The largest absolute Gasteiger partial charge is 0.508 e. The number of ether oxygens (including phenoxy) is 3. The van der Waals surface area contributed by atoms with Gasteiger partial charge in [-0.05, 0) is 35.4 Å². The zero-order valence-corrected chi connectivity index (χ0v) is 13.3. The molecule has 5 nitrogen and oxygen atoms in total. The topological polar surface area (TPSA) is 60.0 Å². The van der Waals surface area contributed by atoms with Crippen LogP contribution in [0.4, 0.5) is 0 Å². The number of nitrogens with one attached hydrogen (secondary N) is 1. The van der Waals surface area contributed by atoms with E-state index in [0.717, 1.165) is 24.2 Å². The van der Waals surface area contributed by atoms with Gasteiger partial charge in [0.05, 0.1) is 26.4 Å². The maximum Gasteiger partial charge on any atom is 0.161 e. The molecule has 0 aliphatic carbocycles. The number of hydrogen-bond acceptors (Lipinski definition) is 5. The van der Waals surface area contributed by atoms with Gasteiger partial charge >= 0.3 is 0 Å². The Hall–Kier alpha value is -2.24. The molecule has 0 radical (unpaired) electrons. The van der Waals surface area contributed by atoms with Crippen LogP contribution in [0.2, 0.25) is 0 Å². The summed E-state index contributed by atoms with van der Waals surface area (Å²) in [6.07, 6.45) is -0.121. The molecule has 3 rings (SSSR count). The summed E-state index contributed by atoms with van der Waals surface area (Å²) < 4.78 is 16.9. The van der Waals surface area contributed by atoms with Gasteiger partial charge < -0.3 is 24.6 Å². The summed E-state index contributed by atoms with van der Waals surface area (Å²) in [6, 6.07) is 13.0. The van der Waals surface area contributed by atoms with Gasteiger partial charge in [0.15, 0.2) is 11.5 Å². The zero-order valence-electron chi connectivity index (χ0n) is 13.3. The van der Waals surface area contributed by atoms with Crippen molar-refractivity contribution in [3.05, 3.63) is 53.6 Å². The fourth-order valence-electron chi connectivity index (χ4n) is 2.77. The molecule has 1 aliphatic rings. The second-order valence-electron chi connectivity index (χ2n) is 5.48. The maximum atomic E-state index is 9.41. The molecule has 2 aromatic carbocycles. The van der Waals surface area contributed by atoms with E-state index in [1.807, 2.05) is 30.3 Å². The summed E-state index contributed by atoms with van der Waals surface area (Å²) in [7, 11) is 3.25. The molecule has 0 bridgehead atoms. The van der Waals surface area contributed by atoms with Crippen LogP contribution in [0, 0.1) is 0 Å². The number of morpholine rings is 1. The van der Waals surface area contributed by atoms with Crippen LogP contribution in [0.1, 0.15) is 23.3 Å². The Labute approximate surface area is 135 Å². The van der Waals surface area contributed by atoms with Crippen LogP contribution in [-0.2, 0) is 4.74 Å². The van der Waals surface area contributed by atoms with Crippen molar-refractivity contribution < 1.29 is 19.3 Å². The second kappa shape index (κ2) is 6.89. The lowest BCUT2D eigenvalue weighted by Crippen LogP contribution is -2.35. The van der Waals surface area contributed by atoms with E-state index in [-0.39, 0.29) is 18.0 Å². The highest BCUT2D eigenvalue weighted by Crippen LogP contribution is 2.34. The van der Waals surface area contributed by atoms with Gasteiger partial charge in [-0.2, -0.15) is 0 Å². The average molecular weight is 315 g/mol. The van der Waals surface area contributed by atoms with Gasteiger partial charge in [0, 0.05) is 13.1 Å². The lowest BCUT2D eigenvalue weighted by Gasteiger charge is -2.31. The van der Waals surface area contributed by atoms with Crippen molar-refractivity contribution in [2.24, 2.45) is 0 Å². The molecule has 122 valence electrons. The minimum Gasteiger partial charge on any atom is -0.508 e. The van der Waals surface area contributed by atoms with Crippen molar-refractivity contribution >= 4 is 0 Å². The van der Waals surface area contributed by atoms with E-state index in [0.29, 0.717) is 11.5 Å². The summed E-state index contributed by atoms with van der Waals surface area (Å²) in [5.41, 5.74) is 2.08. The Morgan fingerprint density at radius 1 is 0.913 bits per heavy atom. The lowest BCUT2D eigenvalue weighted by molar-refractivity contribution is -0.0407. The van der Waals surface area contributed by atoms with Crippen molar-refractivity contribution in [2.75, 3.05) is 27.3 Å². The number of aromatic hydroxyl groups is 1. The molecule has 1 fully saturated rings. The van der Waals surface area contributed by atoms with Gasteiger partial charge in [0.1, 0.15) is 5.75 Å². The fourth-order valence-corrected chi connectivity index (χ4v) is 2.77. The van der Waals surface area contributed by atoms with Gasteiger partial charge in [-0.25, -0.2) is 0 Å². The highest BCUT2D eigenvalue weighted by molar-refractivity contribution is 5.43. The van der Waals surface area contributed by atoms with Crippen molar-refractivity contribution in [2.45, 2.75) is 12.2 Å². The first-order valence-electron chi connectivity index (χ1n) is 7.58. The summed E-state index contributed by atoms with van der Waals surface area (Å²) in [6.45, 7) is 1.48. The van der Waals surface area contributed by atoms with E-state index in [9.17, 15) is 5.11 Å². The van der Waals surface area contributed by atoms with Crippen molar-refractivity contribution in [3.63, 3.8) is 0 Å². The molecule has 0 saturated carbocycles. The van der Waals surface area contributed by atoms with Gasteiger partial charge in [-0.1, -0.05) is 18.2 Å². The van der Waals surface area contributed by atoms with Crippen LogP contribution in [0.5, 0.6) is 17.2 Å². The first-order valence-corrected chi connectivity index (χ1v) is 7.58. The van der Waals surface area contributed by atoms with Gasteiger partial charge in [-0.15, -0.1) is 0 Å². The Kier molecular flexibility index (Phi) is 4.69. The molecule has 23 heavy (non-hydrogen) atoms. The third-order valence-electron chi connectivity index (χ3n) is 4.03. The summed E-state index contributed by atoms with van der Waals surface area (Å²) in [4.78, 5) is 0. The normalized spacial score (nSPS) is 21.0. The minimum absolute atomic E-state index is 0.0533. The number of hydrogen-bond donors (Lipinski definition) is 2. The standard InChI is InChI=1S/C18H21NO4/c1-21-15-8-5-13(9-16(15)22-2)18-11-19-10-17(23-18)12-3-6-14(20)7-4-12/h3-9,17-20H,10-11H2,1-2H3/t17-,18+/m0/s1. The van der Waals surface area contributed by atoms with Crippen LogP contribution >= 0.6 is 0 Å². The predicted octanol–water partition coefficient (Wildman–Crippen LogP) is 2.81. The van der Waals surface area contributed by atoms with E-state index in [1.54, 1.807) is 26.4 Å². The molecular formula is C18H21NO4. The number of phenolic OH excluding ortho intramolecular Hbond substituents is 1. The van der Waals surface area contributed by atoms with E-state index in [4.69, 9.17) is 14.2 Å². The van der Waals surface area contributed by atoms with E-state index in [2.05, 4.69) is 5.32 Å². The molecular weight excluding hydrogens is 294 g/mol. The van der Waals surface area contributed by atoms with Crippen LogP contribution < -0.4 is 14.8 Å². The quantitative estimate of drug-likeness (QED) is 0.908. The SMILES string of the molecule is COc1ccc([C@H]2CNC[C@@H](c3ccc(O)cc3)O2)cc1OC. The van der Waals surface area contributed by atoms with Crippen LogP contribution in [0.3, 0.4) is 0 Å². The first-order chi connectivity index (χ1) is 11.2. The van der Waals surface area contributed by atoms with Crippen LogP contribution in [0.15, 0.2) is 42.5 Å². The monoisotopic (exact) mass is 315 g/mol. The molecule has 0 aromatic heterocycles. The summed E-state index contributed by atoms with van der Waals surface area (Å²) in [5, 5.41) is 12.8. The Balaban J connectivity index is 1.79. The lowest BCUT2D eigenvalue weighted by atomic mass is 10.0. The summed E-state index contributed by atoms with van der Waals surface area (Å²) >= 11 is 0. The van der Waals surface area contributed by atoms with Crippen molar-refractivity contribution in [3.8, 4) is 17.2 Å². The van der Waals surface area contributed by atoms with E-state index in [1.165, 1.54) is 0 Å². The Morgan fingerprint density at radius 2 is 1.52 bits per heavy atom. The molecule has 1 aliphatic heterocycles. The van der Waals surface area contributed by atoms with Crippen LogP contribution in [0.25, 0.3) is 0 Å². The van der Waals surface area contributed by atoms with Crippen molar-refractivity contribution in [1.29, 1.82) is 0 Å². The van der Waals surface area contributed by atoms with E-state index >= 15 is 0 Å². The molecule has 2 atom stereocenters. The van der Waals surface area contributed by atoms with Crippen LogP contribution in [-0.4, -0.2) is 32.4 Å². The molecule has 0 unspecified atom stereocenters. The van der Waals surface area contributed by atoms with Gasteiger partial charge in [0.2, 0.25) is 0 Å². The number of benzene rings is 2. The first kappa shape index (κ1) is 15.6. The second-order valence-corrected chi connectivity index (χ2v) is 5.48. The Bertz CT molecular complexity index is 657. The molecule has 2 aromatic rings. The number of methoxy groups -OCH3 is 2. The third kappa shape index (κ3) is 3.41.